The van der Waals surface area contributed by atoms with Gasteiger partial charge in [-0.15, -0.1) is 11.3 Å². The van der Waals surface area contributed by atoms with Crippen molar-refractivity contribution < 1.29 is 14.3 Å². The number of esters is 1. The molecule has 27 heavy (non-hydrogen) atoms. The Morgan fingerprint density at radius 2 is 1.89 bits per heavy atom. The molecule has 1 aliphatic rings. The molecular formula is C21H26N2O3S. The topological polar surface area (TPSA) is 58.6 Å². The first kappa shape index (κ1) is 19.6. The van der Waals surface area contributed by atoms with Crippen LogP contribution >= 0.6 is 11.3 Å². The second-order valence-corrected chi connectivity index (χ2v) is 7.91. The number of thiophene rings is 1. The minimum Gasteiger partial charge on any atom is -0.449 e. The highest BCUT2D eigenvalue weighted by molar-refractivity contribution is 7.09. The van der Waals surface area contributed by atoms with Gasteiger partial charge in [0.05, 0.1) is 12.1 Å². The van der Waals surface area contributed by atoms with Gasteiger partial charge in [-0.2, -0.15) is 0 Å². The van der Waals surface area contributed by atoms with Crippen molar-refractivity contribution in [3.63, 3.8) is 0 Å². The van der Waals surface area contributed by atoms with Crippen molar-refractivity contribution in [1.29, 1.82) is 0 Å². The van der Waals surface area contributed by atoms with Crippen LogP contribution in [0.15, 0.2) is 41.8 Å². The number of hydrogen-bond donors (Lipinski definition) is 1. The van der Waals surface area contributed by atoms with Crippen molar-refractivity contribution in [1.82, 2.24) is 10.2 Å². The summed E-state index contributed by atoms with van der Waals surface area (Å²) < 4.78 is 5.30. The van der Waals surface area contributed by atoms with Crippen LogP contribution in [0.2, 0.25) is 0 Å². The third-order valence-corrected chi connectivity index (χ3v) is 5.59. The lowest BCUT2D eigenvalue weighted by atomic mass is 10.1. The number of hydrogen-bond acceptors (Lipinski definition) is 5. The van der Waals surface area contributed by atoms with E-state index in [2.05, 4.69) is 10.2 Å². The van der Waals surface area contributed by atoms with Crippen LogP contribution in [0.3, 0.4) is 0 Å². The first-order valence-electron chi connectivity index (χ1n) is 9.44. The lowest BCUT2D eigenvalue weighted by Crippen LogP contribution is -2.35. The van der Waals surface area contributed by atoms with Crippen LogP contribution in [-0.2, 0) is 22.6 Å². The summed E-state index contributed by atoms with van der Waals surface area (Å²) in [4.78, 5) is 27.9. The number of piperidine rings is 1. The summed E-state index contributed by atoms with van der Waals surface area (Å²) in [6.45, 7) is 5.23. The average Bonchev–Trinajstić information content (AvgIpc) is 3.21. The number of benzene rings is 1. The van der Waals surface area contributed by atoms with Crippen LogP contribution in [0, 0.1) is 0 Å². The van der Waals surface area contributed by atoms with Gasteiger partial charge in [0.25, 0.3) is 5.91 Å². The fourth-order valence-electron chi connectivity index (χ4n) is 3.14. The van der Waals surface area contributed by atoms with E-state index in [1.54, 1.807) is 30.4 Å². The predicted molar refractivity (Wildman–Crippen MR) is 107 cm³/mol. The summed E-state index contributed by atoms with van der Waals surface area (Å²) in [5.74, 6) is -0.767. The SMILES string of the molecule is CC(OC(=O)c1ccc(CN2CCCCC2)cc1)C(=O)NCc1cccs1. The second-order valence-electron chi connectivity index (χ2n) is 6.88. The van der Waals surface area contributed by atoms with Crippen molar-refractivity contribution in [3.8, 4) is 0 Å². The molecule has 1 fully saturated rings. The van der Waals surface area contributed by atoms with Gasteiger partial charge in [0.15, 0.2) is 6.10 Å². The first-order valence-corrected chi connectivity index (χ1v) is 10.3. The van der Waals surface area contributed by atoms with Gasteiger partial charge >= 0.3 is 5.97 Å². The Balaban J connectivity index is 1.47. The molecule has 5 nitrogen and oxygen atoms in total. The summed E-state index contributed by atoms with van der Waals surface area (Å²) >= 11 is 1.58. The molecule has 0 spiro atoms. The summed E-state index contributed by atoms with van der Waals surface area (Å²) in [7, 11) is 0. The zero-order valence-electron chi connectivity index (χ0n) is 15.6. The molecule has 3 rings (SSSR count). The molecule has 1 atom stereocenters. The summed E-state index contributed by atoms with van der Waals surface area (Å²) in [5.41, 5.74) is 1.66. The summed E-state index contributed by atoms with van der Waals surface area (Å²) in [6, 6.07) is 11.4. The van der Waals surface area contributed by atoms with Gasteiger partial charge in [-0.1, -0.05) is 24.6 Å². The minimum absolute atomic E-state index is 0.293. The van der Waals surface area contributed by atoms with Gasteiger partial charge in [-0.3, -0.25) is 9.69 Å². The van der Waals surface area contributed by atoms with Crippen LogP contribution in [0.5, 0.6) is 0 Å². The van der Waals surface area contributed by atoms with E-state index in [9.17, 15) is 9.59 Å². The van der Waals surface area contributed by atoms with Crippen LogP contribution < -0.4 is 5.32 Å². The molecule has 2 aromatic rings. The Morgan fingerprint density at radius 3 is 2.56 bits per heavy atom. The largest absolute Gasteiger partial charge is 0.449 e. The van der Waals surface area contributed by atoms with E-state index < -0.39 is 12.1 Å². The molecule has 1 aromatic carbocycles. The first-order chi connectivity index (χ1) is 13.1. The van der Waals surface area contributed by atoms with Crippen LogP contribution in [0.4, 0.5) is 0 Å². The lowest BCUT2D eigenvalue weighted by molar-refractivity contribution is -0.129. The second kappa shape index (κ2) is 9.67. The fraction of sp³-hybridized carbons (Fsp3) is 0.429. The smallest absolute Gasteiger partial charge is 0.338 e. The minimum atomic E-state index is -0.828. The molecular weight excluding hydrogens is 360 g/mol. The Bertz CT molecular complexity index is 737. The number of nitrogens with zero attached hydrogens (tertiary/aromatic N) is 1. The molecule has 6 heteroatoms. The van der Waals surface area contributed by atoms with E-state index in [4.69, 9.17) is 4.74 Å². The van der Waals surface area contributed by atoms with Crippen LogP contribution in [-0.4, -0.2) is 36.0 Å². The molecule has 1 unspecified atom stereocenters. The number of nitrogens with one attached hydrogen (secondary N) is 1. The molecule has 1 aromatic heterocycles. The maximum absolute atomic E-state index is 12.3. The predicted octanol–water partition coefficient (Wildman–Crippen LogP) is 3.60. The zero-order chi connectivity index (χ0) is 19.1. The molecule has 1 N–H and O–H groups in total. The maximum Gasteiger partial charge on any atom is 0.338 e. The van der Waals surface area contributed by atoms with Crippen molar-refractivity contribution in [3.05, 3.63) is 57.8 Å². The van der Waals surface area contributed by atoms with Gasteiger partial charge in [-0.05, 0) is 62.0 Å². The van der Waals surface area contributed by atoms with E-state index >= 15 is 0 Å². The fourth-order valence-corrected chi connectivity index (χ4v) is 3.78. The van der Waals surface area contributed by atoms with Gasteiger partial charge < -0.3 is 10.1 Å². The van der Waals surface area contributed by atoms with Crippen molar-refractivity contribution >= 4 is 23.2 Å². The Hall–Kier alpha value is -2.18. The van der Waals surface area contributed by atoms with Crippen LogP contribution in [0.25, 0.3) is 0 Å². The molecule has 0 radical (unpaired) electrons. The molecule has 0 aliphatic carbocycles. The standard InChI is InChI=1S/C21H26N2O3S/c1-16(20(24)22-14-19-6-5-13-27-19)26-21(25)18-9-7-17(8-10-18)15-23-11-3-2-4-12-23/h5-10,13,16H,2-4,11-12,14-15H2,1H3,(H,22,24). The average molecular weight is 387 g/mol. The van der Waals surface area contributed by atoms with Gasteiger partial charge in [-0.25, -0.2) is 4.79 Å². The maximum atomic E-state index is 12.3. The van der Waals surface area contributed by atoms with E-state index in [1.807, 2.05) is 29.6 Å². The monoisotopic (exact) mass is 386 g/mol. The number of ether oxygens (including phenoxy) is 1. The molecule has 2 heterocycles. The Kier molecular flexibility index (Phi) is 7.01. The third-order valence-electron chi connectivity index (χ3n) is 4.71. The van der Waals surface area contributed by atoms with Crippen molar-refractivity contribution in [2.45, 2.75) is 45.4 Å². The van der Waals surface area contributed by atoms with E-state index in [0.717, 1.165) is 24.5 Å². The normalized spacial score (nSPS) is 15.9. The van der Waals surface area contributed by atoms with Gasteiger partial charge in [0, 0.05) is 11.4 Å². The number of carbonyl (C=O) groups is 2. The quantitative estimate of drug-likeness (QED) is 0.739. The van der Waals surface area contributed by atoms with E-state index in [0.29, 0.717) is 12.1 Å². The van der Waals surface area contributed by atoms with E-state index in [-0.39, 0.29) is 5.91 Å². The molecule has 1 saturated heterocycles. The highest BCUT2D eigenvalue weighted by Crippen LogP contribution is 2.14. The van der Waals surface area contributed by atoms with Gasteiger partial charge in [0.1, 0.15) is 0 Å². The molecule has 0 bridgehead atoms. The summed E-state index contributed by atoms with van der Waals surface area (Å²) in [6.07, 6.45) is 3.01. The highest BCUT2D eigenvalue weighted by Gasteiger charge is 2.19. The zero-order valence-corrected chi connectivity index (χ0v) is 16.5. The number of likely N-dealkylation sites (tertiary alicyclic amines) is 1. The summed E-state index contributed by atoms with van der Waals surface area (Å²) in [5, 5.41) is 4.74. The molecule has 0 saturated carbocycles. The number of amides is 1. The molecule has 144 valence electrons. The van der Waals surface area contributed by atoms with Crippen molar-refractivity contribution in [2.24, 2.45) is 0 Å². The number of rotatable bonds is 7. The third kappa shape index (κ3) is 5.91. The van der Waals surface area contributed by atoms with Gasteiger partial charge in [0.2, 0.25) is 0 Å². The molecule has 1 aliphatic heterocycles. The van der Waals surface area contributed by atoms with Crippen molar-refractivity contribution in [2.75, 3.05) is 13.1 Å². The Labute approximate surface area is 164 Å². The lowest BCUT2D eigenvalue weighted by Gasteiger charge is -2.26. The van der Waals surface area contributed by atoms with Crippen LogP contribution in [0.1, 0.15) is 47.0 Å². The van der Waals surface area contributed by atoms with E-state index in [1.165, 1.54) is 24.8 Å². The number of carbonyl (C=O) groups excluding carboxylic acids is 2. The Morgan fingerprint density at radius 1 is 1.15 bits per heavy atom. The highest BCUT2D eigenvalue weighted by atomic mass is 32.1. The molecule has 1 amide bonds.